The molecule has 4 heteroatoms. The lowest BCUT2D eigenvalue weighted by Gasteiger charge is -2.31. The first-order chi connectivity index (χ1) is 9.79. The second-order valence-electron chi connectivity index (χ2n) is 5.67. The van der Waals surface area contributed by atoms with Gasteiger partial charge in [-0.05, 0) is 56.2 Å². The van der Waals surface area contributed by atoms with Crippen LogP contribution < -0.4 is 5.32 Å². The zero-order valence-corrected chi connectivity index (χ0v) is 15.4. The summed E-state index contributed by atoms with van der Waals surface area (Å²) >= 11 is 15.5. The Morgan fingerprint density at radius 3 is 2.19 bits per heavy atom. The maximum absolute atomic E-state index is 6.10. The van der Waals surface area contributed by atoms with Crippen LogP contribution in [0.1, 0.15) is 37.9 Å². The summed E-state index contributed by atoms with van der Waals surface area (Å²) in [6.07, 6.45) is 0. The van der Waals surface area contributed by atoms with Gasteiger partial charge in [-0.25, -0.2) is 0 Å². The number of rotatable bonds is 4. The summed E-state index contributed by atoms with van der Waals surface area (Å²) in [7, 11) is 0. The Morgan fingerprint density at radius 2 is 1.62 bits per heavy atom. The first-order valence-corrected chi connectivity index (χ1v) is 8.33. The maximum atomic E-state index is 6.10. The highest BCUT2D eigenvalue weighted by Crippen LogP contribution is 2.29. The second-order valence-corrected chi connectivity index (χ2v) is 7.40. The van der Waals surface area contributed by atoms with Gasteiger partial charge in [0.15, 0.2) is 0 Å². The van der Waals surface area contributed by atoms with Crippen LogP contribution in [0.4, 0.5) is 0 Å². The molecule has 0 aliphatic carbocycles. The van der Waals surface area contributed by atoms with Crippen molar-refractivity contribution in [2.45, 2.75) is 32.4 Å². The molecule has 0 heterocycles. The molecule has 2 aromatic rings. The monoisotopic (exact) mass is 385 g/mol. The molecule has 0 aromatic heterocycles. The van der Waals surface area contributed by atoms with E-state index in [2.05, 4.69) is 66.3 Å². The first kappa shape index (κ1) is 16.8. The molecule has 0 spiro atoms. The van der Waals surface area contributed by atoms with Crippen LogP contribution in [0, 0.1) is 0 Å². The Kier molecular flexibility index (Phi) is 5.37. The predicted molar refractivity (Wildman–Crippen MR) is 95.2 cm³/mol. The van der Waals surface area contributed by atoms with Gasteiger partial charge in [-0.1, -0.05) is 57.3 Å². The van der Waals surface area contributed by atoms with Gasteiger partial charge in [-0.2, -0.15) is 0 Å². The van der Waals surface area contributed by atoms with Gasteiger partial charge in [0.25, 0.3) is 0 Å². The maximum Gasteiger partial charge on any atom is 0.0595 e. The summed E-state index contributed by atoms with van der Waals surface area (Å²) < 4.78 is 1.08. The Bertz CT molecular complexity index is 623. The fraction of sp³-hybridized carbons (Fsp3) is 0.294. The third-order valence-electron chi connectivity index (χ3n) is 3.59. The third kappa shape index (κ3) is 4.23. The molecule has 0 aliphatic rings. The van der Waals surface area contributed by atoms with E-state index in [1.807, 2.05) is 18.2 Å². The van der Waals surface area contributed by atoms with Gasteiger partial charge < -0.3 is 5.32 Å². The van der Waals surface area contributed by atoms with Crippen molar-refractivity contribution in [2.75, 3.05) is 0 Å². The van der Waals surface area contributed by atoms with Gasteiger partial charge in [0.1, 0.15) is 0 Å². The minimum absolute atomic E-state index is 0.147. The molecule has 0 saturated carbocycles. The molecular formula is C17H18BrCl2N. The number of halogens is 3. The highest BCUT2D eigenvalue weighted by atomic mass is 79.9. The van der Waals surface area contributed by atoms with E-state index >= 15 is 0 Å². The van der Waals surface area contributed by atoms with Crippen LogP contribution in [0.2, 0.25) is 10.0 Å². The van der Waals surface area contributed by atoms with Crippen molar-refractivity contribution < 1.29 is 0 Å². The Balaban J connectivity index is 2.18. The molecule has 0 aliphatic heterocycles. The average Bonchev–Trinajstić information content (AvgIpc) is 2.41. The van der Waals surface area contributed by atoms with Crippen molar-refractivity contribution in [2.24, 2.45) is 0 Å². The predicted octanol–water partition coefficient (Wildman–Crippen LogP) is 6.34. The summed E-state index contributed by atoms with van der Waals surface area (Å²) in [5, 5.41) is 4.81. The Hall–Kier alpha value is -0.540. The van der Waals surface area contributed by atoms with Crippen LogP contribution in [-0.2, 0) is 5.54 Å². The van der Waals surface area contributed by atoms with E-state index in [0.717, 1.165) is 10.0 Å². The van der Waals surface area contributed by atoms with Crippen molar-refractivity contribution >= 4 is 39.1 Å². The molecule has 1 nitrogen and oxygen atoms in total. The number of hydrogen-bond acceptors (Lipinski definition) is 1. The molecule has 112 valence electrons. The first-order valence-electron chi connectivity index (χ1n) is 6.78. The van der Waals surface area contributed by atoms with Crippen molar-refractivity contribution in [3.05, 3.63) is 68.1 Å². The lowest BCUT2D eigenvalue weighted by Crippen LogP contribution is -2.38. The molecule has 1 atom stereocenters. The molecule has 1 unspecified atom stereocenters. The number of benzene rings is 2. The largest absolute Gasteiger partial charge is 0.301 e. The van der Waals surface area contributed by atoms with Crippen LogP contribution in [0.15, 0.2) is 46.9 Å². The number of hydrogen-bond donors (Lipinski definition) is 1. The van der Waals surface area contributed by atoms with Gasteiger partial charge in [0.2, 0.25) is 0 Å². The molecule has 1 N–H and O–H groups in total. The Morgan fingerprint density at radius 1 is 1.00 bits per heavy atom. The van der Waals surface area contributed by atoms with E-state index in [9.17, 15) is 0 Å². The molecule has 2 rings (SSSR count). The molecule has 0 saturated heterocycles. The fourth-order valence-electron chi connectivity index (χ4n) is 2.36. The normalized spacial score (nSPS) is 13.2. The van der Waals surface area contributed by atoms with Gasteiger partial charge in [-0.3, -0.25) is 0 Å². The van der Waals surface area contributed by atoms with Crippen LogP contribution in [0.25, 0.3) is 0 Å². The van der Waals surface area contributed by atoms with E-state index in [1.165, 1.54) is 5.56 Å². The average molecular weight is 387 g/mol. The van der Waals surface area contributed by atoms with Crippen LogP contribution in [-0.4, -0.2) is 0 Å². The van der Waals surface area contributed by atoms with Crippen molar-refractivity contribution in [3.63, 3.8) is 0 Å². The molecule has 0 fully saturated rings. The number of nitrogens with one attached hydrogen (secondary N) is 1. The van der Waals surface area contributed by atoms with E-state index in [-0.39, 0.29) is 11.6 Å². The van der Waals surface area contributed by atoms with E-state index in [0.29, 0.717) is 10.0 Å². The van der Waals surface area contributed by atoms with Gasteiger partial charge >= 0.3 is 0 Å². The molecular weight excluding hydrogens is 369 g/mol. The molecule has 0 amide bonds. The zero-order chi connectivity index (χ0) is 15.6. The summed E-state index contributed by atoms with van der Waals surface area (Å²) in [5.41, 5.74) is 2.21. The fourth-order valence-corrected chi connectivity index (χ4v) is 2.93. The van der Waals surface area contributed by atoms with Gasteiger partial charge in [0, 0.05) is 16.1 Å². The van der Waals surface area contributed by atoms with Crippen molar-refractivity contribution in [3.8, 4) is 0 Å². The van der Waals surface area contributed by atoms with Crippen molar-refractivity contribution in [1.82, 2.24) is 5.32 Å². The van der Waals surface area contributed by atoms with Gasteiger partial charge in [-0.15, -0.1) is 0 Å². The minimum atomic E-state index is -0.147. The van der Waals surface area contributed by atoms with Crippen LogP contribution >= 0.6 is 39.1 Å². The SMILES string of the molecule is CC(NC(C)(C)c1ccc(Br)cc1)c1ccc(Cl)c(Cl)c1. The van der Waals surface area contributed by atoms with Crippen LogP contribution in [0.3, 0.4) is 0 Å². The third-order valence-corrected chi connectivity index (χ3v) is 4.85. The molecule has 2 aromatic carbocycles. The second kappa shape index (κ2) is 6.70. The van der Waals surface area contributed by atoms with E-state index < -0.39 is 0 Å². The summed E-state index contributed by atoms with van der Waals surface area (Å²) in [6, 6.07) is 14.3. The quantitative estimate of drug-likeness (QED) is 0.646. The molecule has 21 heavy (non-hydrogen) atoms. The smallest absolute Gasteiger partial charge is 0.0595 e. The highest BCUT2D eigenvalue weighted by Gasteiger charge is 2.23. The van der Waals surface area contributed by atoms with E-state index in [4.69, 9.17) is 23.2 Å². The summed E-state index contributed by atoms with van der Waals surface area (Å²) in [4.78, 5) is 0. The van der Waals surface area contributed by atoms with Gasteiger partial charge in [0.05, 0.1) is 10.0 Å². The topological polar surface area (TPSA) is 12.0 Å². The standard InChI is InChI=1S/C17H18BrCl2N/c1-11(12-4-9-15(19)16(20)10-12)21-17(2,3)13-5-7-14(18)8-6-13/h4-11,21H,1-3H3. The summed E-state index contributed by atoms with van der Waals surface area (Å²) in [5.74, 6) is 0. The van der Waals surface area contributed by atoms with E-state index in [1.54, 1.807) is 0 Å². The minimum Gasteiger partial charge on any atom is -0.301 e. The Labute approximate surface area is 144 Å². The van der Waals surface area contributed by atoms with Crippen LogP contribution in [0.5, 0.6) is 0 Å². The lowest BCUT2D eigenvalue weighted by molar-refractivity contribution is 0.357. The highest BCUT2D eigenvalue weighted by molar-refractivity contribution is 9.10. The summed E-state index contributed by atoms with van der Waals surface area (Å²) in [6.45, 7) is 6.47. The molecule has 0 radical (unpaired) electrons. The lowest BCUT2D eigenvalue weighted by atomic mass is 9.92. The molecule has 0 bridgehead atoms. The van der Waals surface area contributed by atoms with Crippen molar-refractivity contribution in [1.29, 1.82) is 0 Å². The zero-order valence-electron chi connectivity index (χ0n) is 12.3.